The number of carbonyl (C=O) groups is 1. The molecule has 1 atom stereocenters. The number of thiazole rings is 1. The van der Waals surface area contributed by atoms with Crippen LogP contribution in [0.3, 0.4) is 0 Å². The topological polar surface area (TPSA) is 65.2 Å². The van der Waals surface area contributed by atoms with E-state index in [1.54, 1.807) is 0 Å². The molecule has 2 N–H and O–H groups in total. The third-order valence-corrected chi connectivity index (χ3v) is 4.25. The first-order chi connectivity index (χ1) is 8.54. The van der Waals surface area contributed by atoms with Crippen LogP contribution in [0.25, 0.3) is 0 Å². The van der Waals surface area contributed by atoms with E-state index in [2.05, 4.69) is 4.98 Å². The lowest BCUT2D eigenvalue weighted by atomic mass is 10.1. The van der Waals surface area contributed by atoms with Crippen molar-refractivity contribution in [3.8, 4) is 0 Å². The Labute approximate surface area is 112 Å². The highest BCUT2D eigenvalue weighted by Crippen LogP contribution is 2.41. The van der Waals surface area contributed by atoms with E-state index in [0.29, 0.717) is 17.4 Å². The summed E-state index contributed by atoms with van der Waals surface area (Å²) in [6.45, 7) is 6.26. The first-order valence-corrected chi connectivity index (χ1v) is 7.29. The molecule has 1 aromatic heterocycles. The zero-order valence-electron chi connectivity index (χ0n) is 11.1. The van der Waals surface area contributed by atoms with Crippen LogP contribution in [0.1, 0.15) is 65.9 Å². The summed E-state index contributed by atoms with van der Waals surface area (Å²) in [6, 6.07) is -0.0179. The molecule has 2 rings (SSSR count). The molecule has 1 fully saturated rings. The van der Waals surface area contributed by atoms with Gasteiger partial charge < -0.3 is 10.5 Å². The van der Waals surface area contributed by atoms with E-state index in [1.807, 2.05) is 20.8 Å². The van der Waals surface area contributed by atoms with Crippen LogP contribution in [0.5, 0.6) is 0 Å². The smallest absolute Gasteiger partial charge is 0.350 e. The molecule has 1 aliphatic carbocycles. The van der Waals surface area contributed by atoms with E-state index in [1.165, 1.54) is 24.2 Å². The number of nitrogens with two attached hydrogens (primary N) is 1. The first kappa shape index (κ1) is 13.5. The zero-order chi connectivity index (χ0) is 13.3. The summed E-state index contributed by atoms with van der Waals surface area (Å²) >= 11 is 1.40. The van der Waals surface area contributed by atoms with Gasteiger partial charge >= 0.3 is 5.97 Å². The van der Waals surface area contributed by atoms with Crippen LogP contribution >= 0.6 is 11.3 Å². The SMILES string of the molecule is CCOC(=O)c1sc(C(N)C2CC2)nc1C(C)C. The quantitative estimate of drug-likeness (QED) is 0.834. The standard InChI is InChI=1S/C13H20N2O2S/c1-4-17-13(16)11-10(7(2)3)15-12(18-11)9(14)8-5-6-8/h7-9H,4-6,14H2,1-3H3. The Bertz CT molecular complexity index is 438. The predicted octanol–water partition coefficient (Wildman–Crippen LogP) is 2.85. The van der Waals surface area contributed by atoms with Crippen LogP contribution in [0.4, 0.5) is 0 Å². The summed E-state index contributed by atoms with van der Waals surface area (Å²) in [5.74, 6) is 0.486. The Morgan fingerprint density at radius 3 is 2.72 bits per heavy atom. The summed E-state index contributed by atoms with van der Waals surface area (Å²) in [6.07, 6.45) is 2.35. The number of esters is 1. The summed E-state index contributed by atoms with van der Waals surface area (Å²) in [5.41, 5.74) is 6.98. The molecule has 0 aliphatic heterocycles. The molecule has 0 bridgehead atoms. The molecule has 100 valence electrons. The van der Waals surface area contributed by atoms with Gasteiger partial charge in [-0.05, 0) is 31.6 Å². The zero-order valence-corrected chi connectivity index (χ0v) is 11.9. The fourth-order valence-corrected chi connectivity index (χ4v) is 3.09. The van der Waals surface area contributed by atoms with Gasteiger partial charge in [-0.3, -0.25) is 0 Å². The van der Waals surface area contributed by atoms with Gasteiger partial charge in [0.1, 0.15) is 9.88 Å². The molecule has 1 aliphatic rings. The average Bonchev–Trinajstić information content (AvgIpc) is 3.06. The van der Waals surface area contributed by atoms with E-state index in [-0.39, 0.29) is 17.9 Å². The van der Waals surface area contributed by atoms with Crippen LogP contribution in [-0.4, -0.2) is 17.6 Å². The van der Waals surface area contributed by atoms with Gasteiger partial charge in [0.05, 0.1) is 18.3 Å². The van der Waals surface area contributed by atoms with Crippen molar-refractivity contribution in [1.82, 2.24) is 4.98 Å². The fourth-order valence-electron chi connectivity index (χ4n) is 1.88. The van der Waals surface area contributed by atoms with Crippen molar-refractivity contribution in [1.29, 1.82) is 0 Å². The Morgan fingerprint density at radius 1 is 1.56 bits per heavy atom. The van der Waals surface area contributed by atoms with E-state index < -0.39 is 0 Å². The Morgan fingerprint density at radius 2 is 2.22 bits per heavy atom. The number of carbonyl (C=O) groups excluding carboxylic acids is 1. The van der Waals surface area contributed by atoms with Gasteiger partial charge in [-0.25, -0.2) is 9.78 Å². The third-order valence-electron chi connectivity index (χ3n) is 3.09. The number of hydrogen-bond donors (Lipinski definition) is 1. The van der Waals surface area contributed by atoms with Gasteiger partial charge in [0.15, 0.2) is 0 Å². The van der Waals surface area contributed by atoms with Crippen molar-refractivity contribution < 1.29 is 9.53 Å². The fraction of sp³-hybridized carbons (Fsp3) is 0.692. The van der Waals surface area contributed by atoms with E-state index in [0.717, 1.165) is 10.7 Å². The van der Waals surface area contributed by atoms with Gasteiger partial charge in [0.25, 0.3) is 0 Å². The number of nitrogens with zero attached hydrogens (tertiary/aromatic N) is 1. The highest BCUT2D eigenvalue weighted by molar-refractivity contribution is 7.13. The van der Waals surface area contributed by atoms with Crippen LogP contribution < -0.4 is 5.73 Å². The molecule has 4 nitrogen and oxygen atoms in total. The number of rotatable bonds is 5. The molecule has 1 saturated carbocycles. The van der Waals surface area contributed by atoms with Crippen LogP contribution in [0.2, 0.25) is 0 Å². The minimum Gasteiger partial charge on any atom is -0.462 e. The summed E-state index contributed by atoms with van der Waals surface area (Å²) in [5, 5.41) is 0.879. The maximum atomic E-state index is 11.9. The largest absolute Gasteiger partial charge is 0.462 e. The molecular formula is C13H20N2O2S. The highest BCUT2D eigenvalue weighted by Gasteiger charge is 2.33. The molecule has 18 heavy (non-hydrogen) atoms. The second-order valence-corrected chi connectivity index (χ2v) is 6.04. The van der Waals surface area contributed by atoms with Gasteiger partial charge in [0, 0.05) is 0 Å². The molecule has 0 spiro atoms. The van der Waals surface area contributed by atoms with E-state index in [9.17, 15) is 4.79 Å². The molecule has 0 amide bonds. The predicted molar refractivity (Wildman–Crippen MR) is 71.8 cm³/mol. The van der Waals surface area contributed by atoms with Crippen molar-refractivity contribution in [3.63, 3.8) is 0 Å². The number of aromatic nitrogens is 1. The second-order valence-electron chi connectivity index (χ2n) is 5.00. The molecule has 1 unspecified atom stereocenters. The summed E-state index contributed by atoms with van der Waals surface area (Å²) in [4.78, 5) is 17.1. The normalized spacial score (nSPS) is 16.9. The lowest BCUT2D eigenvalue weighted by Gasteiger charge is -2.05. The third kappa shape index (κ3) is 2.72. The maximum Gasteiger partial charge on any atom is 0.350 e. The molecular weight excluding hydrogens is 248 g/mol. The van der Waals surface area contributed by atoms with E-state index in [4.69, 9.17) is 10.5 Å². The first-order valence-electron chi connectivity index (χ1n) is 6.47. The molecule has 1 heterocycles. The molecule has 0 saturated heterocycles. The molecule has 0 radical (unpaired) electrons. The van der Waals surface area contributed by atoms with Crippen LogP contribution in [0, 0.1) is 5.92 Å². The molecule has 0 aromatic carbocycles. The van der Waals surface area contributed by atoms with Gasteiger partial charge in [0.2, 0.25) is 0 Å². The van der Waals surface area contributed by atoms with Crippen molar-refractivity contribution in [2.75, 3.05) is 6.61 Å². The minimum atomic E-state index is -0.270. The monoisotopic (exact) mass is 268 g/mol. The average molecular weight is 268 g/mol. The van der Waals surface area contributed by atoms with Crippen molar-refractivity contribution in [2.45, 2.75) is 45.6 Å². The minimum absolute atomic E-state index is 0.0179. The number of hydrogen-bond acceptors (Lipinski definition) is 5. The lowest BCUT2D eigenvalue weighted by Crippen LogP contribution is -2.12. The Hall–Kier alpha value is -0.940. The van der Waals surface area contributed by atoms with Gasteiger partial charge in [-0.2, -0.15) is 0 Å². The van der Waals surface area contributed by atoms with Gasteiger partial charge in [-0.1, -0.05) is 13.8 Å². The van der Waals surface area contributed by atoms with Crippen LogP contribution in [-0.2, 0) is 4.74 Å². The molecule has 5 heteroatoms. The lowest BCUT2D eigenvalue weighted by molar-refractivity contribution is 0.0530. The van der Waals surface area contributed by atoms with Crippen molar-refractivity contribution >= 4 is 17.3 Å². The summed E-state index contributed by atoms with van der Waals surface area (Å²) < 4.78 is 5.08. The Balaban J connectivity index is 2.28. The van der Waals surface area contributed by atoms with Crippen molar-refractivity contribution in [2.24, 2.45) is 11.7 Å². The number of ether oxygens (including phenoxy) is 1. The molecule has 1 aromatic rings. The van der Waals surface area contributed by atoms with Gasteiger partial charge in [-0.15, -0.1) is 11.3 Å². The van der Waals surface area contributed by atoms with Crippen molar-refractivity contribution in [3.05, 3.63) is 15.6 Å². The van der Waals surface area contributed by atoms with Crippen LogP contribution in [0.15, 0.2) is 0 Å². The highest BCUT2D eigenvalue weighted by atomic mass is 32.1. The second kappa shape index (κ2) is 5.36. The van der Waals surface area contributed by atoms with E-state index >= 15 is 0 Å². The summed E-state index contributed by atoms with van der Waals surface area (Å²) in [7, 11) is 0. The maximum absolute atomic E-state index is 11.9. The Kier molecular flexibility index (Phi) is 4.02.